The first-order valence-electron chi connectivity index (χ1n) is 6.00. The molecule has 3 aromatic rings. The number of nitrogens with two attached hydrogens (primary N) is 1. The summed E-state index contributed by atoms with van der Waals surface area (Å²) in [6, 6.07) is 1.77. The summed E-state index contributed by atoms with van der Waals surface area (Å²) in [5.41, 5.74) is 4.18. The van der Waals surface area contributed by atoms with Gasteiger partial charge in [0.15, 0.2) is 11.6 Å². The Morgan fingerprint density at radius 3 is 2.70 bits per heavy atom. The third-order valence-corrected chi connectivity index (χ3v) is 2.90. The van der Waals surface area contributed by atoms with Crippen molar-refractivity contribution < 1.29 is 0 Å². The topological polar surface area (TPSA) is 99.5 Å². The van der Waals surface area contributed by atoms with E-state index in [4.69, 9.17) is 5.84 Å². The molecule has 0 amide bonds. The van der Waals surface area contributed by atoms with E-state index in [9.17, 15) is 0 Å². The zero-order valence-corrected chi connectivity index (χ0v) is 11.1. The normalized spacial score (nSPS) is 10.8. The van der Waals surface area contributed by atoms with E-state index >= 15 is 0 Å². The lowest BCUT2D eigenvalue weighted by molar-refractivity contribution is 0.768. The summed E-state index contributed by atoms with van der Waals surface area (Å²) in [5, 5.41) is 4.14. The van der Waals surface area contributed by atoms with Crippen molar-refractivity contribution in [3.05, 3.63) is 30.9 Å². The van der Waals surface area contributed by atoms with Crippen LogP contribution in [0.15, 0.2) is 30.9 Å². The lowest BCUT2D eigenvalue weighted by Gasteiger charge is -2.06. The third kappa shape index (κ3) is 2.12. The molecule has 0 saturated carbocycles. The van der Waals surface area contributed by atoms with Crippen molar-refractivity contribution in [2.75, 3.05) is 5.43 Å². The molecule has 0 spiro atoms. The van der Waals surface area contributed by atoms with Crippen LogP contribution in [0.2, 0.25) is 0 Å². The van der Waals surface area contributed by atoms with Crippen molar-refractivity contribution in [3.63, 3.8) is 0 Å². The highest BCUT2D eigenvalue weighted by molar-refractivity contribution is 5.64. The molecule has 8 heteroatoms. The van der Waals surface area contributed by atoms with Crippen LogP contribution < -0.4 is 11.3 Å². The Balaban J connectivity index is 2.15. The minimum Gasteiger partial charge on any atom is -0.331 e. The number of nitrogen functional groups attached to an aromatic ring is 1. The lowest BCUT2D eigenvalue weighted by atomic mass is 10.2. The molecule has 3 heterocycles. The second-order valence-corrected chi connectivity index (χ2v) is 4.37. The molecule has 0 aliphatic carbocycles. The van der Waals surface area contributed by atoms with Crippen LogP contribution in [0.4, 0.5) is 5.82 Å². The number of aromatic nitrogens is 6. The van der Waals surface area contributed by atoms with Crippen LogP contribution in [0.1, 0.15) is 0 Å². The summed E-state index contributed by atoms with van der Waals surface area (Å²) in [5.74, 6) is 7.18. The van der Waals surface area contributed by atoms with Crippen molar-refractivity contribution in [2.45, 2.75) is 0 Å². The van der Waals surface area contributed by atoms with E-state index in [1.165, 1.54) is 0 Å². The van der Waals surface area contributed by atoms with E-state index in [1.54, 1.807) is 23.1 Å². The molecule has 20 heavy (non-hydrogen) atoms. The highest BCUT2D eigenvalue weighted by Gasteiger charge is 2.12. The zero-order valence-electron chi connectivity index (χ0n) is 11.1. The number of nitrogens with one attached hydrogen (secondary N) is 1. The molecule has 3 aromatic heterocycles. The first-order chi connectivity index (χ1) is 9.67. The highest BCUT2D eigenvalue weighted by Crippen LogP contribution is 2.22. The summed E-state index contributed by atoms with van der Waals surface area (Å²) in [7, 11) is 3.74. The first-order valence-corrected chi connectivity index (χ1v) is 6.00. The van der Waals surface area contributed by atoms with E-state index < -0.39 is 0 Å². The average Bonchev–Trinajstić information content (AvgIpc) is 3.07. The molecule has 3 N–H and O–H groups in total. The van der Waals surface area contributed by atoms with Crippen molar-refractivity contribution in [1.29, 1.82) is 0 Å². The summed E-state index contributed by atoms with van der Waals surface area (Å²) < 4.78 is 3.57. The lowest BCUT2D eigenvalue weighted by Crippen LogP contribution is -2.10. The molecular formula is C12H14N8. The quantitative estimate of drug-likeness (QED) is 0.533. The standard InChI is InChI=1S/C12H14N8/c1-19-4-3-14-12(19)11-16-9(5-10(17-11)18-13)8-6-15-20(2)7-8/h3-7H,13H2,1-2H3,(H,16,17,18). The Hall–Kier alpha value is -2.74. The monoisotopic (exact) mass is 270 g/mol. The molecule has 0 aliphatic heterocycles. The Labute approximate surface area is 115 Å². The van der Waals surface area contributed by atoms with Crippen molar-refractivity contribution in [1.82, 2.24) is 29.3 Å². The maximum atomic E-state index is 5.47. The van der Waals surface area contributed by atoms with Gasteiger partial charge in [0.25, 0.3) is 0 Å². The smallest absolute Gasteiger partial charge is 0.198 e. The maximum Gasteiger partial charge on any atom is 0.198 e. The van der Waals surface area contributed by atoms with E-state index in [-0.39, 0.29) is 0 Å². The molecule has 0 saturated heterocycles. The molecule has 0 aromatic carbocycles. The number of rotatable bonds is 3. The third-order valence-electron chi connectivity index (χ3n) is 2.90. The maximum absolute atomic E-state index is 5.47. The van der Waals surface area contributed by atoms with Crippen LogP contribution in [-0.2, 0) is 14.1 Å². The first kappa shape index (κ1) is 12.3. The summed E-state index contributed by atoms with van der Waals surface area (Å²) in [6.07, 6.45) is 7.16. The van der Waals surface area contributed by atoms with Gasteiger partial charge in [-0.05, 0) is 0 Å². The van der Waals surface area contributed by atoms with E-state index in [2.05, 4.69) is 25.5 Å². The van der Waals surface area contributed by atoms with Crippen LogP contribution in [0, 0.1) is 0 Å². The van der Waals surface area contributed by atoms with Crippen molar-refractivity contribution in [2.24, 2.45) is 19.9 Å². The molecule has 0 unspecified atom stereocenters. The molecular weight excluding hydrogens is 256 g/mol. The molecule has 0 fully saturated rings. The number of hydrazine groups is 1. The predicted octanol–water partition coefficient (Wildman–Crippen LogP) is 0.563. The van der Waals surface area contributed by atoms with Gasteiger partial charge in [0.1, 0.15) is 5.82 Å². The van der Waals surface area contributed by atoms with E-state index in [1.807, 2.05) is 31.1 Å². The number of aryl methyl sites for hydroxylation is 2. The number of anilines is 1. The number of imidazole rings is 1. The van der Waals surface area contributed by atoms with Crippen molar-refractivity contribution in [3.8, 4) is 22.9 Å². The summed E-state index contributed by atoms with van der Waals surface area (Å²) >= 11 is 0. The fraction of sp³-hybridized carbons (Fsp3) is 0.167. The van der Waals surface area contributed by atoms with Gasteiger partial charge in [0.2, 0.25) is 0 Å². The zero-order chi connectivity index (χ0) is 14.1. The van der Waals surface area contributed by atoms with Crippen LogP contribution >= 0.6 is 0 Å². The molecule has 0 atom stereocenters. The van der Waals surface area contributed by atoms with Gasteiger partial charge in [0, 0.05) is 44.3 Å². The molecule has 102 valence electrons. The van der Waals surface area contributed by atoms with Gasteiger partial charge in [-0.2, -0.15) is 5.10 Å². The minimum absolute atomic E-state index is 0.506. The fourth-order valence-corrected chi connectivity index (χ4v) is 1.90. The summed E-state index contributed by atoms with van der Waals surface area (Å²) in [4.78, 5) is 13.1. The van der Waals surface area contributed by atoms with Gasteiger partial charge in [-0.15, -0.1) is 0 Å². The second-order valence-electron chi connectivity index (χ2n) is 4.37. The predicted molar refractivity (Wildman–Crippen MR) is 74.2 cm³/mol. The molecule has 0 radical (unpaired) electrons. The second kappa shape index (κ2) is 4.74. The van der Waals surface area contributed by atoms with Gasteiger partial charge in [-0.25, -0.2) is 20.8 Å². The van der Waals surface area contributed by atoms with Crippen LogP contribution in [0.3, 0.4) is 0 Å². The van der Waals surface area contributed by atoms with Gasteiger partial charge >= 0.3 is 0 Å². The minimum atomic E-state index is 0.506. The molecule has 8 nitrogen and oxygen atoms in total. The van der Waals surface area contributed by atoms with Crippen LogP contribution in [0.25, 0.3) is 22.9 Å². The Kier molecular flexibility index (Phi) is 2.92. The van der Waals surface area contributed by atoms with E-state index in [0.717, 1.165) is 11.3 Å². The Morgan fingerprint density at radius 2 is 2.10 bits per heavy atom. The van der Waals surface area contributed by atoms with E-state index in [0.29, 0.717) is 17.5 Å². The highest BCUT2D eigenvalue weighted by atomic mass is 15.3. The Morgan fingerprint density at radius 1 is 1.25 bits per heavy atom. The van der Waals surface area contributed by atoms with Gasteiger partial charge < -0.3 is 9.99 Å². The molecule has 0 aliphatic rings. The number of nitrogens with zero attached hydrogens (tertiary/aromatic N) is 6. The van der Waals surface area contributed by atoms with Gasteiger partial charge in [0.05, 0.1) is 11.9 Å². The number of hydrogen-bond acceptors (Lipinski definition) is 6. The SMILES string of the molecule is Cn1cc(-c2cc(NN)nc(-c3nccn3C)n2)cn1. The van der Waals surface area contributed by atoms with Gasteiger partial charge in [-0.1, -0.05) is 0 Å². The van der Waals surface area contributed by atoms with Gasteiger partial charge in [-0.3, -0.25) is 4.68 Å². The van der Waals surface area contributed by atoms with Crippen LogP contribution in [-0.4, -0.2) is 29.3 Å². The Bertz CT molecular complexity index is 742. The van der Waals surface area contributed by atoms with Crippen molar-refractivity contribution >= 4 is 5.82 Å². The fourth-order valence-electron chi connectivity index (χ4n) is 1.90. The molecule has 0 bridgehead atoms. The molecule has 3 rings (SSSR count). The van der Waals surface area contributed by atoms with Crippen LogP contribution in [0.5, 0.6) is 0 Å². The number of hydrogen-bond donors (Lipinski definition) is 2. The largest absolute Gasteiger partial charge is 0.331 e. The summed E-state index contributed by atoms with van der Waals surface area (Å²) in [6.45, 7) is 0. The average molecular weight is 270 g/mol.